The standard InChI is InChI=1S/C29H28Cl3N3O/c1-19-5-8-26-24(14-19)29(18-35(26)28(36)22-15-20(2)33-27(32)16-22)9-12-34(13-10-29)11-3-4-21-6-7-23(30)17-25(21)31/h3-8,14-17H,9-13,18H2,1-2H3/b4-3+. The van der Waals surface area contributed by atoms with Crippen LogP contribution in [0.5, 0.6) is 0 Å². The van der Waals surface area contributed by atoms with Gasteiger partial charge in [-0.1, -0.05) is 70.7 Å². The van der Waals surface area contributed by atoms with Gasteiger partial charge >= 0.3 is 0 Å². The summed E-state index contributed by atoms with van der Waals surface area (Å²) in [7, 11) is 0. The molecule has 1 spiro atoms. The smallest absolute Gasteiger partial charge is 0.258 e. The lowest BCUT2D eigenvalue weighted by molar-refractivity contribution is 0.0977. The fraction of sp³-hybridized carbons (Fsp3) is 0.310. The molecule has 1 aromatic heterocycles. The maximum absolute atomic E-state index is 13.6. The number of aromatic nitrogens is 1. The number of fused-ring (bicyclic) bond motifs is 2. The van der Waals surface area contributed by atoms with E-state index < -0.39 is 0 Å². The third-order valence-corrected chi connectivity index (χ3v) is 8.08. The number of carbonyl (C=O) groups is 1. The molecule has 1 saturated heterocycles. The molecule has 0 bridgehead atoms. The van der Waals surface area contributed by atoms with Crippen molar-refractivity contribution in [3.8, 4) is 0 Å². The number of aryl methyl sites for hydroxylation is 2. The Morgan fingerprint density at radius 3 is 2.53 bits per heavy atom. The number of rotatable bonds is 4. The number of carbonyl (C=O) groups excluding carboxylic acids is 1. The first-order chi connectivity index (χ1) is 17.2. The number of hydrogen-bond donors (Lipinski definition) is 0. The number of likely N-dealkylation sites (tertiary alicyclic amines) is 1. The molecule has 7 heteroatoms. The zero-order chi connectivity index (χ0) is 25.4. The van der Waals surface area contributed by atoms with Gasteiger partial charge in [-0.2, -0.15) is 0 Å². The second-order valence-corrected chi connectivity index (χ2v) is 11.1. The fourth-order valence-electron chi connectivity index (χ4n) is 5.43. The van der Waals surface area contributed by atoms with E-state index in [0.29, 0.717) is 27.3 Å². The van der Waals surface area contributed by atoms with Gasteiger partial charge in [0.05, 0.1) is 0 Å². The predicted octanol–water partition coefficient (Wildman–Crippen LogP) is 7.37. The number of pyridine rings is 1. The van der Waals surface area contributed by atoms with Gasteiger partial charge in [0.15, 0.2) is 0 Å². The van der Waals surface area contributed by atoms with Crippen LogP contribution in [0, 0.1) is 13.8 Å². The Bertz CT molecular complexity index is 1330. The van der Waals surface area contributed by atoms with Crippen LogP contribution in [0.2, 0.25) is 15.2 Å². The van der Waals surface area contributed by atoms with Crippen LogP contribution in [-0.4, -0.2) is 42.0 Å². The molecule has 2 aliphatic heterocycles. The van der Waals surface area contributed by atoms with Crippen LogP contribution in [0.4, 0.5) is 5.69 Å². The van der Waals surface area contributed by atoms with Crippen molar-refractivity contribution in [1.82, 2.24) is 9.88 Å². The van der Waals surface area contributed by atoms with Gasteiger partial charge in [0.2, 0.25) is 0 Å². The summed E-state index contributed by atoms with van der Waals surface area (Å²) >= 11 is 18.5. The molecule has 0 atom stereocenters. The lowest BCUT2D eigenvalue weighted by Crippen LogP contribution is -2.46. The molecule has 5 rings (SSSR count). The van der Waals surface area contributed by atoms with E-state index in [0.717, 1.165) is 49.4 Å². The van der Waals surface area contributed by atoms with E-state index in [9.17, 15) is 4.79 Å². The molecule has 0 aliphatic carbocycles. The molecule has 36 heavy (non-hydrogen) atoms. The summed E-state index contributed by atoms with van der Waals surface area (Å²) in [6, 6.07) is 15.5. The van der Waals surface area contributed by atoms with Crippen LogP contribution in [0.15, 0.2) is 54.6 Å². The van der Waals surface area contributed by atoms with Crippen molar-refractivity contribution in [1.29, 1.82) is 0 Å². The maximum Gasteiger partial charge on any atom is 0.258 e. The van der Waals surface area contributed by atoms with Gasteiger partial charge in [-0.15, -0.1) is 0 Å². The van der Waals surface area contributed by atoms with E-state index in [2.05, 4.69) is 47.2 Å². The highest BCUT2D eigenvalue weighted by atomic mass is 35.5. The van der Waals surface area contributed by atoms with Crippen LogP contribution < -0.4 is 4.90 Å². The SMILES string of the molecule is Cc1ccc2c(c1)C1(CCN(C/C=C/c3ccc(Cl)cc3Cl)CC1)CN2C(=O)c1cc(C)nc(Cl)c1. The minimum Gasteiger partial charge on any atom is -0.307 e. The van der Waals surface area contributed by atoms with E-state index in [-0.39, 0.29) is 11.3 Å². The van der Waals surface area contributed by atoms with Crippen molar-refractivity contribution in [2.24, 2.45) is 0 Å². The van der Waals surface area contributed by atoms with E-state index >= 15 is 0 Å². The van der Waals surface area contributed by atoms with Gasteiger partial charge in [-0.05, 0) is 81.2 Å². The monoisotopic (exact) mass is 539 g/mol. The number of benzene rings is 2. The average Bonchev–Trinajstić information content (AvgIpc) is 3.14. The van der Waals surface area contributed by atoms with E-state index in [4.69, 9.17) is 34.8 Å². The second-order valence-electron chi connectivity index (χ2n) is 9.88. The Morgan fingerprint density at radius 2 is 1.81 bits per heavy atom. The fourth-order valence-corrected chi connectivity index (χ4v) is 6.15. The zero-order valence-electron chi connectivity index (χ0n) is 20.4. The van der Waals surface area contributed by atoms with Crippen molar-refractivity contribution >= 4 is 52.5 Å². The van der Waals surface area contributed by atoms with Gasteiger partial charge in [-0.3, -0.25) is 9.69 Å². The molecule has 0 radical (unpaired) electrons. The third kappa shape index (κ3) is 5.05. The molecule has 2 aromatic carbocycles. The molecular formula is C29H28Cl3N3O. The average molecular weight is 541 g/mol. The van der Waals surface area contributed by atoms with Crippen molar-refractivity contribution < 1.29 is 4.79 Å². The van der Waals surface area contributed by atoms with Crippen molar-refractivity contribution in [3.05, 3.63) is 97.8 Å². The summed E-state index contributed by atoms with van der Waals surface area (Å²) in [6.07, 6.45) is 6.21. The highest BCUT2D eigenvalue weighted by Crippen LogP contribution is 2.48. The quantitative estimate of drug-likeness (QED) is 0.324. The molecule has 1 fully saturated rings. The van der Waals surface area contributed by atoms with E-state index in [1.165, 1.54) is 11.1 Å². The van der Waals surface area contributed by atoms with Crippen LogP contribution >= 0.6 is 34.8 Å². The summed E-state index contributed by atoms with van der Waals surface area (Å²) in [4.78, 5) is 22.2. The van der Waals surface area contributed by atoms with Crippen molar-refractivity contribution in [3.63, 3.8) is 0 Å². The predicted molar refractivity (Wildman–Crippen MR) is 150 cm³/mol. The van der Waals surface area contributed by atoms with Gasteiger partial charge in [0.25, 0.3) is 5.91 Å². The third-order valence-electron chi connectivity index (χ3n) is 7.33. The van der Waals surface area contributed by atoms with Gasteiger partial charge in [0, 0.05) is 45.5 Å². The minimum atomic E-state index is -0.0391. The summed E-state index contributed by atoms with van der Waals surface area (Å²) in [5.74, 6) is -0.0189. The minimum absolute atomic E-state index is 0.0189. The molecular weight excluding hydrogens is 513 g/mol. The van der Waals surface area contributed by atoms with Crippen LogP contribution in [-0.2, 0) is 5.41 Å². The highest BCUT2D eigenvalue weighted by molar-refractivity contribution is 6.35. The summed E-state index contributed by atoms with van der Waals surface area (Å²) in [5.41, 5.74) is 5.77. The van der Waals surface area contributed by atoms with Crippen LogP contribution in [0.3, 0.4) is 0 Å². The lowest BCUT2D eigenvalue weighted by atomic mass is 9.74. The number of hydrogen-bond acceptors (Lipinski definition) is 3. The van der Waals surface area contributed by atoms with Crippen LogP contribution in [0.1, 0.15) is 45.6 Å². The summed E-state index contributed by atoms with van der Waals surface area (Å²) in [6.45, 7) is 7.45. The normalized spacial score (nSPS) is 17.2. The number of halogens is 3. The Kier molecular flexibility index (Phi) is 7.15. The van der Waals surface area contributed by atoms with E-state index in [1.54, 1.807) is 12.1 Å². The highest BCUT2D eigenvalue weighted by Gasteiger charge is 2.46. The van der Waals surface area contributed by atoms with Crippen LogP contribution in [0.25, 0.3) is 6.08 Å². The zero-order valence-corrected chi connectivity index (χ0v) is 22.7. The maximum atomic E-state index is 13.6. The van der Waals surface area contributed by atoms with Gasteiger partial charge in [-0.25, -0.2) is 4.98 Å². The molecule has 3 aromatic rings. The largest absolute Gasteiger partial charge is 0.307 e. The number of piperidine rings is 1. The molecule has 2 aliphatic rings. The lowest BCUT2D eigenvalue weighted by Gasteiger charge is -2.39. The van der Waals surface area contributed by atoms with E-state index in [1.807, 2.05) is 30.0 Å². The first-order valence-electron chi connectivity index (χ1n) is 12.2. The van der Waals surface area contributed by atoms with Gasteiger partial charge < -0.3 is 4.90 Å². The number of nitrogens with zero attached hydrogens (tertiary/aromatic N) is 3. The number of amides is 1. The first-order valence-corrected chi connectivity index (χ1v) is 13.3. The molecule has 0 unspecified atom stereocenters. The summed E-state index contributed by atoms with van der Waals surface area (Å²) < 4.78 is 0. The molecule has 186 valence electrons. The molecule has 1 amide bonds. The number of anilines is 1. The van der Waals surface area contributed by atoms with Crippen molar-refractivity contribution in [2.75, 3.05) is 31.1 Å². The molecule has 0 N–H and O–H groups in total. The Balaban J connectivity index is 1.32. The second kappa shape index (κ2) is 10.2. The van der Waals surface area contributed by atoms with Crippen molar-refractivity contribution in [2.45, 2.75) is 32.1 Å². The molecule has 3 heterocycles. The first kappa shape index (κ1) is 25.3. The summed E-state index contributed by atoms with van der Waals surface area (Å²) in [5, 5.41) is 1.64. The van der Waals surface area contributed by atoms with Gasteiger partial charge in [0.1, 0.15) is 5.15 Å². The Labute approximate surface area is 227 Å². The molecule has 0 saturated carbocycles. The Morgan fingerprint density at radius 1 is 1.03 bits per heavy atom. The Hall–Kier alpha value is -2.37. The molecule has 4 nitrogen and oxygen atoms in total. The topological polar surface area (TPSA) is 36.4 Å².